The molecule has 0 fully saturated rings. The van der Waals surface area contributed by atoms with Gasteiger partial charge in [-0.15, -0.1) is 0 Å². The van der Waals surface area contributed by atoms with E-state index < -0.39 is 0 Å². The monoisotopic (exact) mass is 466 g/mol. The van der Waals surface area contributed by atoms with E-state index >= 15 is 0 Å². The highest BCUT2D eigenvalue weighted by Gasteiger charge is 1.96. The van der Waals surface area contributed by atoms with E-state index in [9.17, 15) is 0 Å². The van der Waals surface area contributed by atoms with E-state index in [0.29, 0.717) is 0 Å². The Morgan fingerprint density at radius 1 is 0.424 bits per heavy atom. The molecule has 33 heavy (non-hydrogen) atoms. The standard InChI is InChI=1S/C31H64NO/c1-3-5-7-9-11-13-14-15-16-17-18-19-20-22-24-26-28-32-29-31-33-30-27-25-23-21-12-10-8-6-4-2/h32H,2-31H2,1H3. The molecule has 0 amide bonds. The van der Waals surface area contributed by atoms with E-state index in [1.807, 2.05) is 0 Å². The Bertz CT molecular complexity index is 290. The normalized spacial score (nSPS) is 11.5. The third-order valence-electron chi connectivity index (χ3n) is 6.92. The van der Waals surface area contributed by atoms with Crippen LogP contribution in [0, 0.1) is 6.92 Å². The number of hydrogen-bond acceptors (Lipinski definition) is 2. The quantitative estimate of drug-likeness (QED) is 0.106. The summed E-state index contributed by atoms with van der Waals surface area (Å²) in [5.74, 6) is 0. The largest absolute Gasteiger partial charge is 0.380 e. The lowest BCUT2D eigenvalue weighted by molar-refractivity contribution is 0.131. The van der Waals surface area contributed by atoms with Crippen molar-refractivity contribution in [3.8, 4) is 0 Å². The highest BCUT2D eigenvalue weighted by Crippen LogP contribution is 2.13. The number of rotatable bonds is 30. The number of nitrogens with one attached hydrogen (secondary N) is 1. The summed E-state index contributed by atoms with van der Waals surface area (Å²) < 4.78 is 5.76. The molecule has 2 heteroatoms. The number of unbranched alkanes of at least 4 members (excludes halogenated alkanes) is 23. The molecular formula is C31H64NO. The molecule has 0 aromatic heterocycles. The van der Waals surface area contributed by atoms with Gasteiger partial charge in [0.05, 0.1) is 6.61 Å². The Hall–Kier alpha value is -0.0800. The van der Waals surface area contributed by atoms with Gasteiger partial charge in [-0.1, -0.05) is 162 Å². The molecule has 0 unspecified atom stereocenters. The molecule has 0 rings (SSSR count). The first kappa shape index (κ1) is 32.9. The number of hydrogen-bond donors (Lipinski definition) is 1. The van der Waals surface area contributed by atoms with Crippen molar-refractivity contribution < 1.29 is 4.74 Å². The summed E-state index contributed by atoms with van der Waals surface area (Å²) in [5.41, 5.74) is 0. The molecule has 0 aromatic carbocycles. The first-order valence-corrected chi connectivity index (χ1v) is 15.5. The van der Waals surface area contributed by atoms with Gasteiger partial charge in [0.1, 0.15) is 0 Å². The zero-order chi connectivity index (χ0) is 23.9. The molecule has 0 aliphatic heterocycles. The molecule has 199 valence electrons. The smallest absolute Gasteiger partial charge is 0.0590 e. The Balaban J connectivity index is 2.99. The molecule has 0 saturated heterocycles. The molecule has 0 aliphatic carbocycles. The van der Waals surface area contributed by atoms with Crippen LogP contribution in [-0.4, -0.2) is 26.3 Å². The van der Waals surface area contributed by atoms with E-state index in [1.54, 1.807) is 0 Å². The van der Waals surface area contributed by atoms with Crippen molar-refractivity contribution in [1.82, 2.24) is 5.32 Å². The maximum absolute atomic E-state index is 5.76. The fourth-order valence-electron chi connectivity index (χ4n) is 4.61. The van der Waals surface area contributed by atoms with Crippen LogP contribution in [0.4, 0.5) is 0 Å². The molecule has 0 atom stereocenters. The third-order valence-corrected chi connectivity index (χ3v) is 6.92. The first-order valence-electron chi connectivity index (χ1n) is 15.5. The van der Waals surface area contributed by atoms with Gasteiger partial charge in [0.25, 0.3) is 0 Å². The van der Waals surface area contributed by atoms with E-state index in [1.165, 1.54) is 154 Å². The minimum Gasteiger partial charge on any atom is -0.380 e. The van der Waals surface area contributed by atoms with Gasteiger partial charge >= 0.3 is 0 Å². The van der Waals surface area contributed by atoms with Crippen molar-refractivity contribution in [2.24, 2.45) is 0 Å². The molecule has 1 N–H and O–H groups in total. The fourth-order valence-corrected chi connectivity index (χ4v) is 4.61. The lowest BCUT2D eigenvalue weighted by Crippen LogP contribution is -2.21. The number of ether oxygens (including phenoxy) is 1. The third kappa shape index (κ3) is 31.9. The summed E-state index contributed by atoms with van der Waals surface area (Å²) in [6.45, 7) is 10.2. The van der Waals surface area contributed by atoms with Crippen molar-refractivity contribution in [2.45, 2.75) is 167 Å². The second-order valence-corrected chi connectivity index (χ2v) is 10.3. The minimum atomic E-state index is 0.879. The maximum atomic E-state index is 5.76. The molecular weight excluding hydrogens is 402 g/mol. The van der Waals surface area contributed by atoms with Crippen molar-refractivity contribution in [3.63, 3.8) is 0 Å². The van der Waals surface area contributed by atoms with Crippen LogP contribution in [0.5, 0.6) is 0 Å². The van der Waals surface area contributed by atoms with Gasteiger partial charge < -0.3 is 10.1 Å². The molecule has 0 aliphatic rings. The highest BCUT2D eigenvalue weighted by atomic mass is 16.5. The van der Waals surface area contributed by atoms with Crippen molar-refractivity contribution >= 4 is 0 Å². The van der Waals surface area contributed by atoms with Crippen LogP contribution in [0.3, 0.4) is 0 Å². The second kappa shape index (κ2) is 31.9. The molecule has 0 spiro atoms. The van der Waals surface area contributed by atoms with E-state index in [4.69, 9.17) is 4.74 Å². The van der Waals surface area contributed by atoms with Crippen molar-refractivity contribution in [2.75, 3.05) is 26.3 Å². The minimum absolute atomic E-state index is 0.879. The van der Waals surface area contributed by atoms with E-state index in [2.05, 4.69) is 19.2 Å². The zero-order valence-electron chi connectivity index (χ0n) is 23.1. The van der Waals surface area contributed by atoms with Gasteiger partial charge in [0.2, 0.25) is 0 Å². The predicted molar refractivity (Wildman–Crippen MR) is 150 cm³/mol. The summed E-state index contributed by atoms with van der Waals surface area (Å²) in [6.07, 6.45) is 35.0. The van der Waals surface area contributed by atoms with Gasteiger partial charge in [0, 0.05) is 13.2 Å². The first-order chi connectivity index (χ1) is 16.4. The molecule has 0 heterocycles. The van der Waals surface area contributed by atoms with E-state index in [0.717, 1.165) is 32.7 Å². The Morgan fingerprint density at radius 2 is 0.818 bits per heavy atom. The van der Waals surface area contributed by atoms with E-state index in [-0.39, 0.29) is 0 Å². The Kier molecular flexibility index (Phi) is 31.8. The molecule has 2 nitrogen and oxygen atoms in total. The molecule has 1 radical (unpaired) electrons. The lowest BCUT2D eigenvalue weighted by Gasteiger charge is -2.07. The molecule has 0 saturated carbocycles. The molecule has 0 aromatic rings. The highest BCUT2D eigenvalue weighted by molar-refractivity contribution is 4.52. The van der Waals surface area contributed by atoms with Crippen LogP contribution in [0.2, 0.25) is 0 Å². The molecule has 0 bridgehead atoms. The second-order valence-electron chi connectivity index (χ2n) is 10.3. The van der Waals surface area contributed by atoms with Crippen molar-refractivity contribution in [1.29, 1.82) is 0 Å². The summed E-state index contributed by atoms with van der Waals surface area (Å²) in [7, 11) is 0. The van der Waals surface area contributed by atoms with Gasteiger partial charge in [-0.3, -0.25) is 0 Å². The van der Waals surface area contributed by atoms with Crippen LogP contribution in [0.15, 0.2) is 0 Å². The average Bonchev–Trinajstić information content (AvgIpc) is 2.83. The lowest BCUT2D eigenvalue weighted by atomic mass is 10.0. The van der Waals surface area contributed by atoms with Gasteiger partial charge in [-0.2, -0.15) is 0 Å². The Morgan fingerprint density at radius 3 is 1.27 bits per heavy atom. The van der Waals surface area contributed by atoms with Crippen LogP contribution in [0.25, 0.3) is 0 Å². The summed E-state index contributed by atoms with van der Waals surface area (Å²) in [6, 6.07) is 0. The summed E-state index contributed by atoms with van der Waals surface area (Å²) in [4.78, 5) is 0. The Labute approximate surface area is 210 Å². The van der Waals surface area contributed by atoms with Crippen LogP contribution in [0.1, 0.15) is 167 Å². The van der Waals surface area contributed by atoms with Gasteiger partial charge in [-0.05, 0) is 19.4 Å². The van der Waals surface area contributed by atoms with Crippen molar-refractivity contribution in [3.05, 3.63) is 6.92 Å². The predicted octanol–water partition coefficient (Wildman–Crippen LogP) is 10.2. The van der Waals surface area contributed by atoms with Gasteiger partial charge in [0.15, 0.2) is 0 Å². The SMILES string of the molecule is [CH2]CCCCCCCCCCOCCNCCCCCCCCCCCCCCCCCC. The summed E-state index contributed by atoms with van der Waals surface area (Å²) in [5, 5.41) is 3.54. The van der Waals surface area contributed by atoms with Crippen LogP contribution >= 0.6 is 0 Å². The van der Waals surface area contributed by atoms with Crippen LogP contribution in [-0.2, 0) is 4.74 Å². The topological polar surface area (TPSA) is 21.3 Å². The van der Waals surface area contributed by atoms with Gasteiger partial charge in [-0.25, -0.2) is 0 Å². The average molecular weight is 467 g/mol. The van der Waals surface area contributed by atoms with Crippen LogP contribution < -0.4 is 5.32 Å². The fraction of sp³-hybridized carbons (Fsp3) is 0.968. The maximum Gasteiger partial charge on any atom is 0.0590 e. The summed E-state index contributed by atoms with van der Waals surface area (Å²) >= 11 is 0. The zero-order valence-corrected chi connectivity index (χ0v) is 23.1.